The number of amides is 1. The number of nitrogens with zero attached hydrogens (tertiary/aromatic N) is 5. The van der Waals surface area contributed by atoms with E-state index >= 15 is 0 Å². The lowest BCUT2D eigenvalue weighted by molar-refractivity contribution is -0.145. The Bertz CT molecular complexity index is 1880. The molecule has 1 amide bonds. The SMILES string of the molecule is CC(C)(c1ncc(-c2ccc(F)cc2)o1)N1CCN(C[C@H](C[C@@H](Cc2cc3cncnc3o2)C(=O)O)O[Si](C)(C)C(C)(C)C)[C@H](C(=O)NCC(F)(F)F)C1. The third kappa shape index (κ3) is 9.91. The van der Waals surface area contributed by atoms with E-state index in [4.69, 9.17) is 13.3 Å². The molecular formula is C37H48F4N6O6Si. The summed E-state index contributed by atoms with van der Waals surface area (Å²) < 4.78 is 72.3. The molecule has 0 bridgehead atoms. The first-order chi connectivity index (χ1) is 25.1. The van der Waals surface area contributed by atoms with Crippen molar-refractivity contribution in [2.24, 2.45) is 5.92 Å². The van der Waals surface area contributed by atoms with Gasteiger partial charge in [-0.3, -0.25) is 19.4 Å². The topological polar surface area (TPSA) is 147 Å². The number of aromatic nitrogens is 3. The molecular weight excluding hydrogens is 729 g/mol. The van der Waals surface area contributed by atoms with Gasteiger partial charge in [0.25, 0.3) is 0 Å². The van der Waals surface area contributed by atoms with Crippen molar-refractivity contribution in [3.63, 3.8) is 0 Å². The second-order valence-electron chi connectivity index (χ2n) is 15.9. The van der Waals surface area contributed by atoms with Crippen molar-refractivity contribution in [3.05, 3.63) is 66.5 Å². The molecule has 4 aromatic rings. The Labute approximate surface area is 312 Å². The van der Waals surface area contributed by atoms with Gasteiger partial charge in [-0.1, -0.05) is 20.8 Å². The average molecular weight is 777 g/mol. The van der Waals surface area contributed by atoms with Crippen LogP contribution in [0.4, 0.5) is 17.6 Å². The molecule has 0 spiro atoms. The summed E-state index contributed by atoms with van der Waals surface area (Å²) >= 11 is 0. The molecule has 12 nitrogen and oxygen atoms in total. The number of hydrogen-bond donors (Lipinski definition) is 2. The van der Waals surface area contributed by atoms with E-state index in [1.807, 2.05) is 31.8 Å². The van der Waals surface area contributed by atoms with Crippen LogP contribution in [0.2, 0.25) is 18.1 Å². The average Bonchev–Trinajstić information content (AvgIpc) is 3.74. The van der Waals surface area contributed by atoms with E-state index in [1.54, 1.807) is 29.3 Å². The van der Waals surface area contributed by atoms with Gasteiger partial charge in [0.2, 0.25) is 17.5 Å². The number of furan rings is 1. The largest absolute Gasteiger partial charge is 0.481 e. The van der Waals surface area contributed by atoms with Gasteiger partial charge < -0.3 is 23.7 Å². The normalized spacial score (nSPS) is 17.8. The Balaban J connectivity index is 1.41. The van der Waals surface area contributed by atoms with Gasteiger partial charge in [-0.15, -0.1) is 0 Å². The van der Waals surface area contributed by atoms with Crippen molar-refractivity contribution in [1.29, 1.82) is 0 Å². The van der Waals surface area contributed by atoms with E-state index in [1.165, 1.54) is 24.7 Å². The number of alkyl halides is 3. The molecule has 0 aliphatic carbocycles. The summed E-state index contributed by atoms with van der Waals surface area (Å²) in [6.45, 7) is 13.2. The number of aliphatic carboxylic acids is 1. The fourth-order valence-electron chi connectivity index (χ4n) is 6.33. The van der Waals surface area contributed by atoms with Gasteiger partial charge in [-0.25, -0.2) is 19.3 Å². The van der Waals surface area contributed by atoms with Crippen LogP contribution in [0.25, 0.3) is 22.4 Å². The zero-order valence-corrected chi connectivity index (χ0v) is 32.5. The smallest absolute Gasteiger partial charge is 0.405 e. The number of carbonyl (C=O) groups is 2. The molecule has 3 atom stereocenters. The Kier molecular flexibility index (Phi) is 12.1. The monoisotopic (exact) mass is 776 g/mol. The van der Waals surface area contributed by atoms with Crippen molar-refractivity contribution < 1.29 is 45.5 Å². The molecule has 1 aliphatic rings. The molecule has 0 unspecified atom stereocenters. The highest BCUT2D eigenvalue weighted by Gasteiger charge is 2.45. The Hall–Kier alpha value is -4.19. The molecule has 2 N–H and O–H groups in total. The van der Waals surface area contributed by atoms with Gasteiger partial charge in [0.05, 0.1) is 29.1 Å². The molecule has 0 saturated carbocycles. The summed E-state index contributed by atoms with van der Waals surface area (Å²) in [6.07, 6.45) is -0.801. The first kappa shape index (κ1) is 41.0. The van der Waals surface area contributed by atoms with Crippen LogP contribution >= 0.6 is 0 Å². The third-order valence-corrected chi connectivity index (χ3v) is 15.0. The van der Waals surface area contributed by atoms with Gasteiger partial charge >= 0.3 is 12.1 Å². The van der Waals surface area contributed by atoms with Gasteiger partial charge in [-0.05, 0) is 68.7 Å². The predicted octanol–water partition coefficient (Wildman–Crippen LogP) is 6.64. The Morgan fingerprint density at radius 2 is 1.76 bits per heavy atom. The quantitative estimate of drug-likeness (QED) is 0.105. The van der Waals surface area contributed by atoms with Gasteiger partial charge in [-0.2, -0.15) is 13.2 Å². The Morgan fingerprint density at radius 3 is 2.39 bits per heavy atom. The summed E-state index contributed by atoms with van der Waals surface area (Å²) in [5.74, 6) is -2.11. The van der Waals surface area contributed by atoms with E-state index in [-0.39, 0.29) is 37.5 Å². The molecule has 1 fully saturated rings. The van der Waals surface area contributed by atoms with E-state index in [9.17, 15) is 32.3 Å². The number of oxazole rings is 1. The summed E-state index contributed by atoms with van der Waals surface area (Å²) in [5, 5.41) is 12.8. The number of halogens is 4. The van der Waals surface area contributed by atoms with Crippen LogP contribution in [0.1, 0.15) is 52.7 Å². The zero-order chi connectivity index (χ0) is 39.6. The highest BCUT2D eigenvalue weighted by Crippen LogP contribution is 2.39. The number of carbonyl (C=O) groups excluding carboxylic acids is 1. The maximum Gasteiger partial charge on any atom is 0.405 e. The van der Waals surface area contributed by atoms with Crippen LogP contribution in [0.3, 0.4) is 0 Å². The highest BCUT2D eigenvalue weighted by atomic mass is 28.4. The van der Waals surface area contributed by atoms with E-state index in [0.717, 1.165) is 0 Å². The zero-order valence-electron chi connectivity index (χ0n) is 31.5. The summed E-state index contributed by atoms with van der Waals surface area (Å²) in [7, 11) is -2.54. The summed E-state index contributed by atoms with van der Waals surface area (Å²) in [4.78, 5) is 42.7. The minimum Gasteiger partial charge on any atom is -0.481 e. The molecule has 294 valence electrons. The van der Waals surface area contributed by atoms with Crippen LogP contribution in [-0.2, 0) is 26.0 Å². The van der Waals surface area contributed by atoms with Crippen LogP contribution < -0.4 is 5.32 Å². The maximum atomic E-state index is 13.7. The molecule has 1 aliphatic heterocycles. The standard InChI is InChI=1S/C37H48F4N6O6Si/c1-35(2,3)54(6,7)53-28(15-24(33(49)50)14-27-16-25-17-42-22-45-32(25)51-27)19-46-12-13-47(20-29(46)31(48)44-21-37(39,40)41)36(4,5)34-43-18-30(52-34)23-8-10-26(38)11-9-23/h8-11,16-18,22,24,28-29H,12-15,19-21H2,1-7H3,(H,44,48)(H,49,50)/t24-,28+,29+/m1/s1. The fourth-order valence-corrected chi connectivity index (χ4v) is 7.69. The first-order valence-electron chi connectivity index (χ1n) is 17.8. The third-order valence-electron chi connectivity index (χ3n) is 10.5. The first-order valence-corrected chi connectivity index (χ1v) is 20.7. The lowest BCUT2D eigenvalue weighted by Gasteiger charge is -2.47. The highest BCUT2D eigenvalue weighted by molar-refractivity contribution is 6.74. The molecule has 54 heavy (non-hydrogen) atoms. The predicted molar refractivity (Wildman–Crippen MR) is 194 cm³/mol. The van der Waals surface area contributed by atoms with Crippen molar-refractivity contribution in [3.8, 4) is 11.3 Å². The van der Waals surface area contributed by atoms with Crippen LogP contribution in [0, 0.1) is 11.7 Å². The van der Waals surface area contributed by atoms with E-state index < -0.39 is 62.3 Å². The lowest BCUT2D eigenvalue weighted by Crippen LogP contribution is -2.64. The number of carboxylic acid groups (broad SMARTS) is 1. The number of rotatable bonds is 14. The van der Waals surface area contributed by atoms with Crippen molar-refractivity contribution in [2.75, 3.05) is 32.7 Å². The lowest BCUT2D eigenvalue weighted by atomic mass is 9.95. The molecule has 0 radical (unpaired) electrons. The molecule has 5 rings (SSSR count). The second-order valence-corrected chi connectivity index (χ2v) is 20.6. The molecule has 1 aromatic carbocycles. The van der Waals surface area contributed by atoms with E-state index in [0.29, 0.717) is 40.6 Å². The summed E-state index contributed by atoms with van der Waals surface area (Å²) in [5.41, 5.74) is 0.0414. The van der Waals surface area contributed by atoms with Gasteiger partial charge in [0.1, 0.15) is 30.5 Å². The number of piperazine rings is 1. The van der Waals surface area contributed by atoms with Crippen molar-refractivity contribution in [2.45, 2.75) is 89.5 Å². The fraction of sp³-hybridized carbons (Fsp3) is 0.541. The van der Waals surface area contributed by atoms with Crippen LogP contribution in [0.5, 0.6) is 0 Å². The number of nitrogens with one attached hydrogen (secondary N) is 1. The van der Waals surface area contributed by atoms with E-state index in [2.05, 4.69) is 41.0 Å². The minimum atomic E-state index is -4.63. The summed E-state index contributed by atoms with van der Waals surface area (Å²) in [6, 6.07) is 6.38. The van der Waals surface area contributed by atoms with Crippen LogP contribution in [-0.4, -0.2) is 101 Å². The van der Waals surface area contributed by atoms with Gasteiger partial charge in [0, 0.05) is 44.4 Å². The number of benzene rings is 1. The molecule has 3 aromatic heterocycles. The number of fused-ring (bicyclic) bond motifs is 1. The van der Waals surface area contributed by atoms with Crippen molar-refractivity contribution >= 4 is 31.3 Å². The molecule has 4 heterocycles. The molecule has 1 saturated heterocycles. The molecule has 17 heteroatoms. The van der Waals surface area contributed by atoms with Crippen molar-refractivity contribution in [1.82, 2.24) is 30.1 Å². The van der Waals surface area contributed by atoms with Gasteiger partial charge in [0.15, 0.2) is 14.1 Å². The minimum absolute atomic E-state index is 0.0140. The second kappa shape index (κ2) is 15.9. The number of hydrogen-bond acceptors (Lipinski definition) is 10. The number of carboxylic acids is 1. The van der Waals surface area contributed by atoms with Crippen LogP contribution in [0.15, 0.2) is 57.9 Å². The maximum absolute atomic E-state index is 13.7. The Morgan fingerprint density at radius 1 is 1.06 bits per heavy atom.